The van der Waals surface area contributed by atoms with E-state index in [4.69, 9.17) is 0 Å². The van der Waals surface area contributed by atoms with Crippen molar-refractivity contribution in [2.75, 3.05) is 24.5 Å². The lowest BCUT2D eigenvalue weighted by molar-refractivity contribution is 0.706. The summed E-state index contributed by atoms with van der Waals surface area (Å²) in [5, 5.41) is 3.22. The first kappa shape index (κ1) is 13.4. The maximum absolute atomic E-state index is 4.40. The molecular formula is C13H20N4. The molecule has 0 aromatic carbocycles. The summed E-state index contributed by atoms with van der Waals surface area (Å²) in [7, 11) is 0. The van der Waals surface area contributed by atoms with Crippen LogP contribution in [0.5, 0.6) is 0 Å². The highest BCUT2D eigenvalue weighted by Gasteiger charge is 2.04. The van der Waals surface area contributed by atoms with Crippen LogP contribution in [-0.2, 0) is 6.54 Å². The standard InChI is InChI=1S/C13H20N4/c1-4-7-17(8-5-2)13-11-15-12(10-16-13)9-14-6-3/h4-5,10-11,14H,1-2,6-9H2,3H3. The van der Waals surface area contributed by atoms with E-state index in [2.05, 4.69) is 40.3 Å². The molecule has 4 heteroatoms. The van der Waals surface area contributed by atoms with Gasteiger partial charge in [-0.25, -0.2) is 4.98 Å². The minimum Gasteiger partial charge on any atom is -0.348 e. The monoisotopic (exact) mass is 232 g/mol. The Labute approximate surface area is 103 Å². The third-order valence-corrected chi connectivity index (χ3v) is 2.27. The lowest BCUT2D eigenvalue weighted by Gasteiger charge is -2.19. The van der Waals surface area contributed by atoms with Crippen LogP contribution in [0.2, 0.25) is 0 Å². The zero-order valence-corrected chi connectivity index (χ0v) is 10.4. The lowest BCUT2D eigenvalue weighted by atomic mass is 10.4. The fourth-order valence-corrected chi connectivity index (χ4v) is 1.43. The van der Waals surface area contributed by atoms with Crippen molar-refractivity contribution in [3.05, 3.63) is 43.4 Å². The van der Waals surface area contributed by atoms with Crippen molar-refractivity contribution in [2.45, 2.75) is 13.5 Å². The van der Waals surface area contributed by atoms with Gasteiger partial charge in [0, 0.05) is 19.6 Å². The molecule has 0 atom stereocenters. The third-order valence-electron chi connectivity index (χ3n) is 2.27. The second-order valence-electron chi connectivity index (χ2n) is 3.63. The summed E-state index contributed by atoms with van der Waals surface area (Å²) in [6.07, 6.45) is 7.28. The number of anilines is 1. The number of aromatic nitrogens is 2. The first-order valence-electron chi connectivity index (χ1n) is 5.80. The van der Waals surface area contributed by atoms with Crippen molar-refractivity contribution >= 4 is 5.82 Å². The zero-order chi connectivity index (χ0) is 12.5. The van der Waals surface area contributed by atoms with E-state index in [0.29, 0.717) is 0 Å². The second-order valence-corrected chi connectivity index (χ2v) is 3.63. The summed E-state index contributed by atoms with van der Waals surface area (Å²) in [4.78, 5) is 10.8. The van der Waals surface area contributed by atoms with Crippen LogP contribution in [-0.4, -0.2) is 29.6 Å². The van der Waals surface area contributed by atoms with Gasteiger partial charge >= 0.3 is 0 Å². The first-order chi connectivity index (χ1) is 8.31. The molecule has 0 spiro atoms. The topological polar surface area (TPSA) is 41.1 Å². The van der Waals surface area contributed by atoms with Crippen molar-refractivity contribution in [1.82, 2.24) is 15.3 Å². The van der Waals surface area contributed by atoms with Crippen LogP contribution in [0.4, 0.5) is 5.82 Å². The molecular weight excluding hydrogens is 212 g/mol. The lowest BCUT2D eigenvalue weighted by Crippen LogP contribution is -2.24. The van der Waals surface area contributed by atoms with Crippen LogP contribution in [0, 0.1) is 0 Å². The fourth-order valence-electron chi connectivity index (χ4n) is 1.43. The van der Waals surface area contributed by atoms with E-state index in [0.717, 1.165) is 37.7 Å². The molecule has 0 amide bonds. The van der Waals surface area contributed by atoms with Crippen molar-refractivity contribution in [3.63, 3.8) is 0 Å². The van der Waals surface area contributed by atoms with Gasteiger partial charge < -0.3 is 10.2 Å². The van der Waals surface area contributed by atoms with E-state index >= 15 is 0 Å². The molecule has 92 valence electrons. The molecule has 0 saturated carbocycles. The Balaban J connectivity index is 2.69. The largest absolute Gasteiger partial charge is 0.348 e. The minimum absolute atomic E-state index is 0.743. The quantitative estimate of drug-likeness (QED) is 0.693. The molecule has 0 aliphatic heterocycles. The van der Waals surface area contributed by atoms with E-state index in [-0.39, 0.29) is 0 Å². The molecule has 1 aromatic rings. The normalized spacial score (nSPS) is 9.94. The van der Waals surface area contributed by atoms with Gasteiger partial charge in [-0.1, -0.05) is 19.1 Å². The fraction of sp³-hybridized carbons (Fsp3) is 0.385. The number of nitrogens with zero attached hydrogens (tertiary/aromatic N) is 3. The van der Waals surface area contributed by atoms with E-state index in [1.807, 2.05) is 12.2 Å². The van der Waals surface area contributed by atoms with Crippen molar-refractivity contribution in [3.8, 4) is 0 Å². The molecule has 0 bridgehead atoms. The van der Waals surface area contributed by atoms with Crippen LogP contribution in [0.25, 0.3) is 0 Å². The highest BCUT2D eigenvalue weighted by molar-refractivity contribution is 5.37. The molecule has 1 rings (SSSR count). The maximum atomic E-state index is 4.40. The summed E-state index contributed by atoms with van der Waals surface area (Å²) in [5.41, 5.74) is 0.952. The van der Waals surface area contributed by atoms with Gasteiger partial charge in [-0.15, -0.1) is 13.2 Å². The van der Waals surface area contributed by atoms with Crippen LogP contribution < -0.4 is 10.2 Å². The molecule has 0 saturated heterocycles. The Morgan fingerprint density at radius 2 is 1.94 bits per heavy atom. The molecule has 4 nitrogen and oxygen atoms in total. The number of nitrogens with one attached hydrogen (secondary N) is 1. The van der Waals surface area contributed by atoms with Gasteiger partial charge in [0.05, 0.1) is 18.1 Å². The average Bonchev–Trinajstić information content (AvgIpc) is 2.37. The predicted octanol–water partition coefficient (Wildman–Crippen LogP) is 1.76. The Hall–Kier alpha value is -1.68. The van der Waals surface area contributed by atoms with Crippen molar-refractivity contribution in [1.29, 1.82) is 0 Å². The summed E-state index contributed by atoms with van der Waals surface area (Å²) in [5.74, 6) is 0.852. The van der Waals surface area contributed by atoms with Crippen LogP contribution in [0.15, 0.2) is 37.7 Å². The van der Waals surface area contributed by atoms with Crippen molar-refractivity contribution in [2.24, 2.45) is 0 Å². The van der Waals surface area contributed by atoms with Gasteiger partial charge in [-0.3, -0.25) is 4.98 Å². The smallest absolute Gasteiger partial charge is 0.147 e. The minimum atomic E-state index is 0.743. The molecule has 0 aliphatic rings. The molecule has 1 N–H and O–H groups in total. The van der Waals surface area contributed by atoms with E-state index in [9.17, 15) is 0 Å². The maximum Gasteiger partial charge on any atom is 0.147 e. The molecule has 1 aromatic heterocycles. The van der Waals surface area contributed by atoms with Crippen molar-refractivity contribution < 1.29 is 0 Å². The zero-order valence-electron chi connectivity index (χ0n) is 10.4. The molecule has 17 heavy (non-hydrogen) atoms. The van der Waals surface area contributed by atoms with Gasteiger partial charge in [-0.05, 0) is 6.54 Å². The second kappa shape index (κ2) is 7.57. The predicted molar refractivity (Wildman–Crippen MR) is 72.0 cm³/mol. The number of hydrogen-bond acceptors (Lipinski definition) is 4. The third kappa shape index (κ3) is 4.36. The first-order valence-corrected chi connectivity index (χ1v) is 5.80. The number of rotatable bonds is 8. The van der Waals surface area contributed by atoms with Gasteiger partial charge in [-0.2, -0.15) is 0 Å². The summed E-state index contributed by atoms with van der Waals surface area (Å²) in [6, 6.07) is 0. The van der Waals surface area contributed by atoms with Gasteiger partial charge in [0.15, 0.2) is 0 Å². The van der Waals surface area contributed by atoms with E-state index in [1.54, 1.807) is 12.4 Å². The SMILES string of the molecule is C=CCN(CC=C)c1cnc(CNCC)cn1. The van der Waals surface area contributed by atoms with Gasteiger partial charge in [0.25, 0.3) is 0 Å². The summed E-state index contributed by atoms with van der Waals surface area (Å²) in [6.45, 7) is 12.7. The van der Waals surface area contributed by atoms with Gasteiger partial charge in [0.2, 0.25) is 0 Å². The average molecular weight is 232 g/mol. The van der Waals surface area contributed by atoms with E-state index in [1.165, 1.54) is 0 Å². The molecule has 0 radical (unpaired) electrons. The molecule has 0 unspecified atom stereocenters. The Kier molecular flexibility index (Phi) is 5.96. The van der Waals surface area contributed by atoms with Crippen LogP contribution in [0.1, 0.15) is 12.6 Å². The highest BCUT2D eigenvalue weighted by Crippen LogP contribution is 2.08. The molecule has 0 aliphatic carbocycles. The Morgan fingerprint density at radius 1 is 1.24 bits per heavy atom. The Bertz CT molecular complexity index is 335. The Morgan fingerprint density at radius 3 is 2.41 bits per heavy atom. The highest BCUT2D eigenvalue weighted by atomic mass is 15.2. The van der Waals surface area contributed by atoms with Crippen LogP contribution in [0.3, 0.4) is 0 Å². The summed E-state index contributed by atoms with van der Waals surface area (Å²) >= 11 is 0. The summed E-state index contributed by atoms with van der Waals surface area (Å²) < 4.78 is 0. The van der Waals surface area contributed by atoms with E-state index < -0.39 is 0 Å². The van der Waals surface area contributed by atoms with Crippen LogP contribution >= 0.6 is 0 Å². The molecule has 1 heterocycles. The number of hydrogen-bond donors (Lipinski definition) is 1. The molecule has 0 fully saturated rings. The van der Waals surface area contributed by atoms with Gasteiger partial charge in [0.1, 0.15) is 5.82 Å².